The molecule has 7 heteroatoms. The Labute approximate surface area is 164 Å². The zero-order valence-electron chi connectivity index (χ0n) is 15.8. The van der Waals surface area contributed by atoms with Gasteiger partial charge in [-0.1, -0.05) is 12.1 Å². The molecule has 3 heterocycles. The van der Waals surface area contributed by atoms with E-state index in [2.05, 4.69) is 20.9 Å². The van der Waals surface area contributed by atoms with Gasteiger partial charge in [-0.05, 0) is 29.8 Å². The summed E-state index contributed by atoms with van der Waals surface area (Å²) in [6.45, 7) is 4.56. The zero-order chi connectivity index (χ0) is 19.5. The molecule has 0 saturated carbocycles. The summed E-state index contributed by atoms with van der Waals surface area (Å²) in [5.41, 5.74) is 1.44. The molecule has 1 aromatic carbocycles. The number of nitriles is 1. The van der Waals surface area contributed by atoms with Gasteiger partial charge in [0.15, 0.2) is 11.6 Å². The van der Waals surface area contributed by atoms with Crippen LogP contribution >= 0.6 is 0 Å². The number of hydrogen-bond acceptors (Lipinski definition) is 6. The first-order valence-electron chi connectivity index (χ1n) is 9.42. The van der Waals surface area contributed by atoms with E-state index in [9.17, 15) is 4.39 Å². The summed E-state index contributed by atoms with van der Waals surface area (Å²) in [6.07, 6.45) is 0. The molecule has 4 rings (SSSR count). The second kappa shape index (κ2) is 8.13. The molecule has 0 aliphatic carbocycles. The molecule has 2 aliphatic rings. The maximum atomic E-state index is 13.7. The lowest BCUT2D eigenvalue weighted by atomic mass is 10.1. The highest BCUT2D eigenvalue weighted by atomic mass is 19.1. The number of methoxy groups -OCH3 is 1. The molecule has 0 unspecified atom stereocenters. The molecule has 2 aliphatic heterocycles. The van der Waals surface area contributed by atoms with Crippen molar-refractivity contribution in [2.75, 3.05) is 44.9 Å². The Kier molecular flexibility index (Phi) is 5.42. The Balaban J connectivity index is 1.55. The third-order valence-electron chi connectivity index (χ3n) is 5.36. The third-order valence-corrected chi connectivity index (χ3v) is 5.36. The van der Waals surface area contributed by atoms with Crippen molar-refractivity contribution in [3.05, 3.63) is 53.5 Å². The highest BCUT2D eigenvalue weighted by Crippen LogP contribution is 2.26. The summed E-state index contributed by atoms with van der Waals surface area (Å²) in [6, 6.07) is 12.9. The normalized spacial score (nSPS) is 22.4. The average Bonchev–Trinajstić information content (AvgIpc) is 2.99. The van der Waals surface area contributed by atoms with Gasteiger partial charge in [0.25, 0.3) is 0 Å². The molecule has 2 aromatic rings. The fraction of sp³-hybridized carbons (Fsp3) is 0.429. The molecule has 2 saturated heterocycles. The Morgan fingerprint density at radius 3 is 2.96 bits per heavy atom. The molecular weight excluding hydrogens is 359 g/mol. The molecule has 0 amide bonds. The van der Waals surface area contributed by atoms with E-state index in [0.717, 1.165) is 31.0 Å². The summed E-state index contributed by atoms with van der Waals surface area (Å²) < 4.78 is 24.8. The maximum Gasteiger partial charge on any atom is 0.165 e. The van der Waals surface area contributed by atoms with Crippen LogP contribution in [0.1, 0.15) is 11.3 Å². The second-order valence-electron chi connectivity index (χ2n) is 7.35. The van der Waals surface area contributed by atoms with Crippen LogP contribution in [-0.2, 0) is 11.3 Å². The Bertz CT molecular complexity index is 885. The van der Waals surface area contributed by atoms with Crippen molar-refractivity contribution in [2.24, 2.45) is 5.92 Å². The first kappa shape index (κ1) is 18.7. The van der Waals surface area contributed by atoms with Crippen molar-refractivity contribution < 1.29 is 13.9 Å². The lowest BCUT2D eigenvalue weighted by Gasteiger charge is -2.32. The lowest BCUT2D eigenvalue weighted by Crippen LogP contribution is -2.43. The monoisotopic (exact) mass is 382 g/mol. The summed E-state index contributed by atoms with van der Waals surface area (Å²) in [7, 11) is 1.48. The average molecular weight is 382 g/mol. The van der Waals surface area contributed by atoms with Crippen LogP contribution in [0.3, 0.4) is 0 Å². The number of ether oxygens (including phenoxy) is 2. The quantitative estimate of drug-likeness (QED) is 0.810. The summed E-state index contributed by atoms with van der Waals surface area (Å²) in [5.74, 6) is 1.09. The topological polar surface area (TPSA) is 61.6 Å². The lowest BCUT2D eigenvalue weighted by molar-refractivity contribution is 0.0872. The van der Waals surface area contributed by atoms with Crippen molar-refractivity contribution >= 4 is 5.82 Å². The number of halogens is 1. The molecule has 2 bridgehead atoms. The largest absolute Gasteiger partial charge is 0.494 e. The number of benzene rings is 1. The van der Waals surface area contributed by atoms with Gasteiger partial charge >= 0.3 is 0 Å². The van der Waals surface area contributed by atoms with Gasteiger partial charge in [0.05, 0.1) is 26.4 Å². The van der Waals surface area contributed by atoms with Crippen LogP contribution in [0.5, 0.6) is 5.75 Å². The van der Waals surface area contributed by atoms with Gasteiger partial charge in [0.2, 0.25) is 0 Å². The molecule has 28 heavy (non-hydrogen) atoms. The highest BCUT2D eigenvalue weighted by molar-refractivity contribution is 5.42. The summed E-state index contributed by atoms with van der Waals surface area (Å²) >= 11 is 0. The number of pyridine rings is 1. The standard InChI is InChI=1S/C21H23FN4O2/c1-27-20-7-15(5-6-19(20)22)9-25-10-16-11-26(12-18(25)14-28-13-16)21-4-2-3-17(8-23)24-21/h2-7,16,18H,9-14H2,1H3/t16-,18+/m1/s1. The van der Waals surface area contributed by atoms with Crippen LogP contribution < -0.4 is 9.64 Å². The number of hydrogen-bond donors (Lipinski definition) is 0. The minimum atomic E-state index is -0.348. The van der Waals surface area contributed by atoms with E-state index in [1.807, 2.05) is 18.2 Å². The van der Waals surface area contributed by atoms with Crippen molar-refractivity contribution in [2.45, 2.75) is 12.6 Å². The molecule has 2 atom stereocenters. The second-order valence-corrected chi connectivity index (χ2v) is 7.35. The Morgan fingerprint density at radius 1 is 1.25 bits per heavy atom. The fourth-order valence-corrected chi connectivity index (χ4v) is 4.01. The van der Waals surface area contributed by atoms with Crippen LogP contribution in [0.2, 0.25) is 0 Å². The number of anilines is 1. The predicted molar refractivity (Wildman–Crippen MR) is 103 cm³/mol. The van der Waals surface area contributed by atoms with Gasteiger partial charge in [-0.15, -0.1) is 0 Å². The van der Waals surface area contributed by atoms with Gasteiger partial charge in [0, 0.05) is 32.1 Å². The zero-order valence-corrected chi connectivity index (χ0v) is 15.8. The van der Waals surface area contributed by atoms with E-state index >= 15 is 0 Å². The van der Waals surface area contributed by atoms with E-state index in [1.54, 1.807) is 12.1 Å². The van der Waals surface area contributed by atoms with Crippen LogP contribution in [0.15, 0.2) is 36.4 Å². The van der Waals surface area contributed by atoms with E-state index in [-0.39, 0.29) is 17.6 Å². The summed E-state index contributed by atoms with van der Waals surface area (Å²) in [5, 5.41) is 9.15. The van der Waals surface area contributed by atoms with E-state index < -0.39 is 0 Å². The molecule has 2 fully saturated rings. The van der Waals surface area contributed by atoms with Crippen molar-refractivity contribution in [3.8, 4) is 11.8 Å². The molecule has 0 spiro atoms. The number of aromatic nitrogens is 1. The van der Waals surface area contributed by atoms with Crippen molar-refractivity contribution in [1.82, 2.24) is 9.88 Å². The minimum Gasteiger partial charge on any atom is -0.494 e. The maximum absolute atomic E-state index is 13.7. The van der Waals surface area contributed by atoms with Crippen molar-refractivity contribution in [3.63, 3.8) is 0 Å². The van der Waals surface area contributed by atoms with Gasteiger partial charge in [0.1, 0.15) is 17.6 Å². The Hall–Kier alpha value is -2.69. The fourth-order valence-electron chi connectivity index (χ4n) is 4.01. The van der Waals surface area contributed by atoms with E-state index in [4.69, 9.17) is 14.7 Å². The van der Waals surface area contributed by atoms with Gasteiger partial charge in [-0.3, -0.25) is 4.90 Å². The molecule has 146 valence electrons. The minimum absolute atomic E-state index is 0.191. The number of rotatable bonds is 4. The highest BCUT2D eigenvalue weighted by Gasteiger charge is 2.34. The van der Waals surface area contributed by atoms with Gasteiger partial charge in [-0.2, -0.15) is 5.26 Å². The van der Waals surface area contributed by atoms with Crippen LogP contribution in [0.25, 0.3) is 0 Å². The first-order valence-corrected chi connectivity index (χ1v) is 9.42. The molecule has 6 nitrogen and oxygen atoms in total. The molecule has 0 N–H and O–H groups in total. The molecular formula is C21H23FN4O2. The number of fused-ring (bicyclic) bond motifs is 3. The first-order chi connectivity index (χ1) is 13.7. The van der Waals surface area contributed by atoms with E-state index in [1.165, 1.54) is 13.2 Å². The number of nitrogens with zero attached hydrogens (tertiary/aromatic N) is 4. The Morgan fingerprint density at radius 2 is 2.14 bits per heavy atom. The van der Waals surface area contributed by atoms with E-state index in [0.29, 0.717) is 31.4 Å². The smallest absolute Gasteiger partial charge is 0.165 e. The SMILES string of the molecule is COc1cc(CN2C[C@H]3COC[C@@H]2CN(c2cccc(C#N)n2)C3)ccc1F. The molecule has 0 radical (unpaired) electrons. The van der Waals surface area contributed by atoms with Gasteiger partial charge < -0.3 is 14.4 Å². The van der Waals surface area contributed by atoms with Crippen molar-refractivity contribution in [1.29, 1.82) is 5.26 Å². The third kappa shape index (κ3) is 3.93. The van der Waals surface area contributed by atoms with Crippen LogP contribution in [0.4, 0.5) is 10.2 Å². The molecule has 1 aromatic heterocycles. The van der Waals surface area contributed by atoms with Gasteiger partial charge in [-0.25, -0.2) is 9.37 Å². The summed E-state index contributed by atoms with van der Waals surface area (Å²) in [4.78, 5) is 9.13. The predicted octanol–water partition coefficient (Wildman–Crippen LogP) is 2.44. The van der Waals surface area contributed by atoms with Crippen LogP contribution in [-0.4, -0.2) is 55.9 Å². The van der Waals surface area contributed by atoms with Crippen LogP contribution in [0, 0.1) is 23.1 Å².